The number of nitrogens with one attached hydrogen (secondary N) is 1. The Kier molecular flexibility index (Phi) is 2.93. The molecule has 0 aliphatic heterocycles. The molecule has 2 heteroatoms. The molecule has 92 valence electrons. The molecule has 0 saturated heterocycles. The van der Waals surface area contributed by atoms with Gasteiger partial charge in [-0.05, 0) is 49.7 Å². The SMILES string of the molecule is Cc1ccc2c(c1)C(NCC(O)C1CC1)CC2. The number of fused-ring (bicyclic) bond motifs is 1. The number of hydrogen-bond acceptors (Lipinski definition) is 2. The van der Waals surface area contributed by atoms with Crippen molar-refractivity contribution in [2.75, 3.05) is 6.54 Å². The first-order valence-electron chi connectivity index (χ1n) is 6.75. The molecule has 1 fully saturated rings. The van der Waals surface area contributed by atoms with Gasteiger partial charge in [0.2, 0.25) is 0 Å². The van der Waals surface area contributed by atoms with Gasteiger partial charge in [0.05, 0.1) is 6.10 Å². The standard InChI is InChI=1S/C15H21NO/c1-10-2-3-11-6-7-14(13(11)8-10)16-9-15(17)12-4-5-12/h2-3,8,12,14-17H,4-7,9H2,1H3. The van der Waals surface area contributed by atoms with Gasteiger partial charge in [-0.25, -0.2) is 0 Å². The van der Waals surface area contributed by atoms with Crippen molar-refractivity contribution >= 4 is 0 Å². The van der Waals surface area contributed by atoms with Crippen LogP contribution in [0.2, 0.25) is 0 Å². The molecule has 0 amide bonds. The molecule has 1 saturated carbocycles. The van der Waals surface area contributed by atoms with Crippen LogP contribution in [0.15, 0.2) is 18.2 Å². The third kappa shape index (κ3) is 2.38. The van der Waals surface area contributed by atoms with Gasteiger partial charge in [0.1, 0.15) is 0 Å². The maximum Gasteiger partial charge on any atom is 0.0692 e. The Labute approximate surface area is 103 Å². The second kappa shape index (κ2) is 4.43. The van der Waals surface area contributed by atoms with Crippen LogP contribution < -0.4 is 5.32 Å². The smallest absolute Gasteiger partial charge is 0.0692 e. The molecular weight excluding hydrogens is 210 g/mol. The summed E-state index contributed by atoms with van der Waals surface area (Å²) in [6, 6.07) is 7.20. The Hall–Kier alpha value is -0.860. The number of aryl methyl sites for hydroxylation is 2. The molecule has 2 N–H and O–H groups in total. The van der Waals surface area contributed by atoms with Crippen LogP contribution in [0, 0.1) is 12.8 Å². The summed E-state index contributed by atoms with van der Waals surface area (Å²) in [5.41, 5.74) is 4.27. The molecule has 2 aliphatic rings. The van der Waals surface area contributed by atoms with Gasteiger partial charge in [-0.2, -0.15) is 0 Å². The van der Waals surface area contributed by atoms with Gasteiger partial charge in [-0.15, -0.1) is 0 Å². The molecule has 0 radical (unpaired) electrons. The van der Waals surface area contributed by atoms with Crippen LogP contribution in [-0.4, -0.2) is 17.8 Å². The Bertz CT molecular complexity index is 411. The largest absolute Gasteiger partial charge is 0.392 e. The van der Waals surface area contributed by atoms with E-state index in [2.05, 4.69) is 30.4 Å². The van der Waals surface area contributed by atoms with Crippen LogP contribution in [0.25, 0.3) is 0 Å². The van der Waals surface area contributed by atoms with Crippen LogP contribution in [0.1, 0.15) is 42.0 Å². The van der Waals surface area contributed by atoms with Gasteiger partial charge in [0, 0.05) is 12.6 Å². The van der Waals surface area contributed by atoms with Gasteiger partial charge in [-0.1, -0.05) is 23.8 Å². The number of benzene rings is 1. The lowest BCUT2D eigenvalue weighted by atomic mass is 10.0. The quantitative estimate of drug-likeness (QED) is 0.833. The van der Waals surface area contributed by atoms with Crippen molar-refractivity contribution in [1.29, 1.82) is 0 Å². The first-order valence-corrected chi connectivity index (χ1v) is 6.75. The van der Waals surface area contributed by atoms with Crippen LogP contribution in [0.3, 0.4) is 0 Å². The van der Waals surface area contributed by atoms with E-state index in [0.717, 1.165) is 6.54 Å². The summed E-state index contributed by atoms with van der Waals surface area (Å²) in [6.45, 7) is 2.90. The first-order chi connectivity index (χ1) is 8.24. The highest BCUT2D eigenvalue weighted by Gasteiger charge is 2.30. The Morgan fingerprint density at radius 2 is 2.18 bits per heavy atom. The van der Waals surface area contributed by atoms with E-state index >= 15 is 0 Å². The van der Waals surface area contributed by atoms with Crippen molar-refractivity contribution < 1.29 is 5.11 Å². The molecule has 0 aromatic heterocycles. The highest BCUT2D eigenvalue weighted by atomic mass is 16.3. The molecule has 1 aromatic rings. The normalized spacial score (nSPS) is 24.7. The van der Waals surface area contributed by atoms with E-state index < -0.39 is 0 Å². The minimum Gasteiger partial charge on any atom is -0.392 e. The Balaban J connectivity index is 1.64. The third-order valence-electron chi connectivity index (χ3n) is 4.12. The molecule has 3 rings (SSSR count). The van der Waals surface area contributed by atoms with E-state index in [-0.39, 0.29) is 6.10 Å². The second-order valence-corrected chi connectivity index (χ2v) is 5.61. The first kappa shape index (κ1) is 11.2. The van der Waals surface area contributed by atoms with Gasteiger partial charge in [0.25, 0.3) is 0 Å². The summed E-state index contributed by atoms with van der Waals surface area (Å²) in [5, 5.41) is 13.4. The average Bonchev–Trinajstić information content (AvgIpc) is 3.09. The summed E-state index contributed by atoms with van der Waals surface area (Å²) in [4.78, 5) is 0. The van der Waals surface area contributed by atoms with E-state index in [9.17, 15) is 5.11 Å². The number of hydrogen-bond donors (Lipinski definition) is 2. The lowest BCUT2D eigenvalue weighted by Gasteiger charge is -2.17. The fourth-order valence-electron chi connectivity index (χ4n) is 2.84. The van der Waals surface area contributed by atoms with Crippen molar-refractivity contribution in [1.82, 2.24) is 5.32 Å². The van der Waals surface area contributed by atoms with E-state index in [1.54, 1.807) is 0 Å². The van der Waals surface area contributed by atoms with Crippen LogP contribution in [0.5, 0.6) is 0 Å². The van der Waals surface area contributed by atoms with E-state index in [4.69, 9.17) is 0 Å². The van der Waals surface area contributed by atoms with E-state index in [0.29, 0.717) is 12.0 Å². The lowest BCUT2D eigenvalue weighted by Crippen LogP contribution is -2.30. The zero-order valence-electron chi connectivity index (χ0n) is 10.4. The van der Waals surface area contributed by atoms with Gasteiger partial charge < -0.3 is 10.4 Å². The number of aliphatic hydroxyl groups excluding tert-OH is 1. The predicted molar refractivity (Wildman–Crippen MR) is 69.0 cm³/mol. The maximum absolute atomic E-state index is 9.89. The fourth-order valence-corrected chi connectivity index (χ4v) is 2.84. The van der Waals surface area contributed by atoms with Crippen LogP contribution in [0.4, 0.5) is 0 Å². The summed E-state index contributed by atoms with van der Waals surface area (Å²) < 4.78 is 0. The van der Waals surface area contributed by atoms with Gasteiger partial charge >= 0.3 is 0 Å². The van der Waals surface area contributed by atoms with E-state index in [1.807, 2.05) is 0 Å². The summed E-state index contributed by atoms with van der Waals surface area (Å²) in [6.07, 6.45) is 4.64. The second-order valence-electron chi connectivity index (χ2n) is 5.61. The fraction of sp³-hybridized carbons (Fsp3) is 0.600. The molecular formula is C15H21NO. The minimum absolute atomic E-state index is 0.135. The molecule has 17 heavy (non-hydrogen) atoms. The molecule has 2 atom stereocenters. The van der Waals surface area contributed by atoms with Crippen LogP contribution >= 0.6 is 0 Å². The molecule has 2 aliphatic carbocycles. The average molecular weight is 231 g/mol. The monoisotopic (exact) mass is 231 g/mol. The predicted octanol–water partition coefficient (Wildman–Crippen LogP) is 2.34. The maximum atomic E-state index is 9.89. The molecule has 0 heterocycles. The summed E-state index contributed by atoms with van der Waals surface area (Å²) in [5.74, 6) is 0.570. The molecule has 0 bridgehead atoms. The molecule has 2 unspecified atom stereocenters. The summed E-state index contributed by atoms with van der Waals surface area (Å²) >= 11 is 0. The van der Waals surface area contributed by atoms with Crippen molar-refractivity contribution in [2.45, 2.75) is 44.8 Å². The molecule has 2 nitrogen and oxygen atoms in total. The molecule has 1 aromatic carbocycles. The summed E-state index contributed by atoms with van der Waals surface area (Å²) in [7, 11) is 0. The zero-order chi connectivity index (χ0) is 11.8. The number of rotatable bonds is 4. The topological polar surface area (TPSA) is 32.3 Å². The molecule has 0 spiro atoms. The highest BCUT2D eigenvalue weighted by Crippen LogP contribution is 2.34. The highest BCUT2D eigenvalue weighted by molar-refractivity contribution is 5.37. The van der Waals surface area contributed by atoms with Crippen molar-refractivity contribution in [3.8, 4) is 0 Å². The van der Waals surface area contributed by atoms with Crippen molar-refractivity contribution in [3.63, 3.8) is 0 Å². The Morgan fingerprint density at radius 1 is 1.35 bits per heavy atom. The lowest BCUT2D eigenvalue weighted by molar-refractivity contribution is 0.144. The van der Waals surface area contributed by atoms with Gasteiger partial charge in [-0.3, -0.25) is 0 Å². The van der Waals surface area contributed by atoms with E-state index in [1.165, 1.54) is 42.4 Å². The zero-order valence-corrected chi connectivity index (χ0v) is 10.4. The van der Waals surface area contributed by atoms with Crippen LogP contribution in [-0.2, 0) is 6.42 Å². The number of aliphatic hydroxyl groups is 1. The van der Waals surface area contributed by atoms with Crippen molar-refractivity contribution in [3.05, 3.63) is 34.9 Å². The Morgan fingerprint density at radius 3 is 2.94 bits per heavy atom. The third-order valence-corrected chi connectivity index (χ3v) is 4.12. The van der Waals surface area contributed by atoms with Crippen molar-refractivity contribution in [2.24, 2.45) is 5.92 Å². The minimum atomic E-state index is -0.135. The van der Waals surface area contributed by atoms with Gasteiger partial charge in [0.15, 0.2) is 0 Å².